The molecule has 0 bridgehead atoms. The molecule has 21 heavy (non-hydrogen) atoms. The Morgan fingerprint density at radius 1 is 1.33 bits per heavy atom. The van der Waals surface area contributed by atoms with E-state index >= 15 is 0 Å². The number of amides is 2. The Morgan fingerprint density at radius 2 is 1.95 bits per heavy atom. The van der Waals surface area contributed by atoms with Crippen molar-refractivity contribution >= 4 is 23.2 Å². The van der Waals surface area contributed by atoms with Gasteiger partial charge in [0.05, 0.1) is 16.8 Å². The molecule has 1 aromatic carbocycles. The summed E-state index contributed by atoms with van der Waals surface area (Å²) in [4.78, 5) is 33.3. The summed E-state index contributed by atoms with van der Waals surface area (Å²) in [5.41, 5.74) is 5.52. The van der Waals surface area contributed by atoms with Crippen LogP contribution in [0.3, 0.4) is 0 Å². The minimum absolute atomic E-state index is 0.0604. The van der Waals surface area contributed by atoms with Crippen LogP contribution in [0.4, 0.5) is 11.4 Å². The van der Waals surface area contributed by atoms with Crippen LogP contribution in [0.1, 0.15) is 20.8 Å². The van der Waals surface area contributed by atoms with Gasteiger partial charge in [0, 0.05) is 24.7 Å². The predicted octanol–water partition coefficient (Wildman–Crippen LogP) is 0.679. The number of rotatable bonds is 4. The summed E-state index contributed by atoms with van der Waals surface area (Å²) in [6.07, 6.45) is 1.30. The summed E-state index contributed by atoms with van der Waals surface area (Å²) in [7, 11) is 1.52. The Kier molecular flexibility index (Phi) is 3.65. The summed E-state index contributed by atoms with van der Waals surface area (Å²) in [5, 5.41) is 16.9. The van der Waals surface area contributed by atoms with Crippen LogP contribution in [0.2, 0.25) is 0 Å². The predicted molar refractivity (Wildman–Crippen MR) is 72.8 cm³/mol. The van der Waals surface area contributed by atoms with Crippen molar-refractivity contribution in [2.75, 3.05) is 5.32 Å². The molecule has 9 heteroatoms. The standard InChI is InChI=1S/C12H11N5O4/c1-16-10(11(13)18)9(6-14-16)15-12(19)7-2-4-8(5-3-7)17(20)21/h2-6H,1H3,(H2,13,18)(H,15,19). The lowest BCUT2D eigenvalue weighted by Gasteiger charge is -2.05. The molecule has 3 N–H and O–H groups in total. The van der Waals surface area contributed by atoms with Crippen LogP contribution in [0, 0.1) is 10.1 Å². The van der Waals surface area contributed by atoms with Crippen LogP contribution in [0.15, 0.2) is 30.5 Å². The van der Waals surface area contributed by atoms with Crippen molar-refractivity contribution in [3.05, 3.63) is 51.8 Å². The lowest BCUT2D eigenvalue weighted by atomic mass is 10.2. The number of nitrogens with one attached hydrogen (secondary N) is 1. The van der Waals surface area contributed by atoms with E-state index in [9.17, 15) is 19.7 Å². The molecule has 0 aliphatic heterocycles. The SMILES string of the molecule is Cn1ncc(NC(=O)c2ccc([N+](=O)[O-])cc2)c1C(N)=O. The van der Waals surface area contributed by atoms with Gasteiger partial charge >= 0.3 is 0 Å². The van der Waals surface area contributed by atoms with Gasteiger partial charge in [0.1, 0.15) is 5.69 Å². The fourth-order valence-corrected chi connectivity index (χ4v) is 1.75. The zero-order valence-electron chi connectivity index (χ0n) is 10.9. The van der Waals surface area contributed by atoms with Crippen molar-refractivity contribution in [2.24, 2.45) is 12.8 Å². The number of hydrogen-bond donors (Lipinski definition) is 2. The molecule has 0 unspecified atom stereocenters. The van der Waals surface area contributed by atoms with E-state index in [1.165, 1.54) is 42.2 Å². The van der Waals surface area contributed by atoms with E-state index in [-0.39, 0.29) is 22.6 Å². The maximum Gasteiger partial charge on any atom is 0.269 e. The molecule has 0 atom stereocenters. The third-order valence-electron chi connectivity index (χ3n) is 2.76. The van der Waals surface area contributed by atoms with Gasteiger partial charge in [-0.2, -0.15) is 5.10 Å². The highest BCUT2D eigenvalue weighted by molar-refractivity contribution is 6.08. The highest BCUT2D eigenvalue weighted by atomic mass is 16.6. The number of nitrogens with zero attached hydrogens (tertiary/aromatic N) is 3. The first kappa shape index (κ1) is 14.2. The second kappa shape index (κ2) is 5.41. The summed E-state index contributed by atoms with van der Waals surface area (Å²) in [5.74, 6) is -1.26. The Morgan fingerprint density at radius 3 is 2.48 bits per heavy atom. The third kappa shape index (κ3) is 2.86. The number of carbonyl (C=O) groups is 2. The van der Waals surface area contributed by atoms with Crippen LogP contribution in [-0.4, -0.2) is 26.5 Å². The largest absolute Gasteiger partial charge is 0.364 e. The molecular weight excluding hydrogens is 278 g/mol. The molecule has 9 nitrogen and oxygen atoms in total. The zero-order chi connectivity index (χ0) is 15.6. The Bertz CT molecular complexity index is 720. The number of aryl methyl sites for hydroxylation is 1. The second-order valence-electron chi connectivity index (χ2n) is 4.15. The molecule has 1 aromatic heterocycles. The van der Waals surface area contributed by atoms with Crippen LogP contribution < -0.4 is 11.1 Å². The topological polar surface area (TPSA) is 133 Å². The van der Waals surface area contributed by atoms with Gasteiger partial charge in [0.2, 0.25) is 0 Å². The summed E-state index contributed by atoms with van der Waals surface area (Å²) < 4.78 is 1.24. The Balaban J connectivity index is 2.22. The number of hydrogen-bond acceptors (Lipinski definition) is 5. The van der Waals surface area contributed by atoms with E-state index in [1.807, 2.05) is 0 Å². The van der Waals surface area contributed by atoms with Gasteiger partial charge in [-0.1, -0.05) is 0 Å². The summed E-state index contributed by atoms with van der Waals surface area (Å²) >= 11 is 0. The van der Waals surface area contributed by atoms with E-state index in [4.69, 9.17) is 5.73 Å². The second-order valence-corrected chi connectivity index (χ2v) is 4.15. The lowest BCUT2D eigenvalue weighted by Crippen LogP contribution is -2.20. The molecule has 108 valence electrons. The molecule has 2 rings (SSSR count). The number of benzene rings is 1. The van der Waals surface area contributed by atoms with Gasteiger partial charge in [0.15, 0.2) is 0 Å². The fourth-order valence-electron chi connectivity index (χ4n) is 1.75. The van der Waals surface area contributed by atoms with Crippen molar-refractivity contribution in [1.82, 2.24) is 9.78 Å². The summed E-state index contributed by atoms with van der Waals surface area (Å²) in [6.45, 7) is 0. The first-order chi connectivity index (χ1) is 9.90. The summed E-state index contributed by atoms with van der Waals surface area (Å²) in [6, 6.07) is 5.06. The Hall–Kier alpha value is -3.23. The first-order valence-electron chi connectivity index (χ1n) is 5.77. The fraction of sp³-hybridized carbons (Fsp3) is 0.0833. The molecule has 0 aliphatic carbocycles. The molecule has 0 aliphatic rings. The molecule has 0 saturated heterocycles. The molecule has 0 spiro atoms. The van der Waals surface area contributed by atoms with Crippen LogP contribution in [-0.2, 0) is 7.05 Å². The highest BCUT2D eigenvalue weighted by Gasteiger charge is 2.17. The maximum atomic E-state index is 12.0. The number of nitro groups is 1. The van der Waals surface area contributed by atoms with E-state index in [0.29, 0.717) is 0 Å². The van der Waals surface area contributed by atoms with E-state index in [0.717, 1.165) is 0 Å². The molecule has 0 radical (unpaired) electrons. The van der Waals surface area contributed by atoms with E-state index in [1.54, 1.807) is 0 Å². The monoisotopic (exact) mass is 289 g/mol. The minimum atomic E-state index is -0.728. The molecule has 2 aromatic rings. The normalized spacial score (nSPS) is 10.1. The smallest absolute Gasteiger partial charge is 0.269 e. The van der Waals surface area contributed by atoms with Crippen LogP contribution in [0.25, 0.3) is 0 Å². The van der Waals surface area contributed by atoms with Gasteiger partial charge in [-0.05, 0) is 12.1 Å². The number of non-ortho nitro benzene ring substituents is 1. The van der Waals surface area contributed by atoms with Gasteiger partial charge in [-0.3, -0.25) is 24.4 Å². The van der Waals surface area contributed by atoms with Crippen LogP contribution >= 0.6 is 0 Å². The zero-order valence-corrected chi connectivity index (χ0v) is 10.9. The van der Waals surface area contributed by atoms with Gasteiger partial charge < -0.3 is 11.1 Å². The minimum Gasteiger partial charge on any atom is -0.364 e. The highest BCUT2D eigenvalue weighted by Crippen LogP contribution is 2.16. The molecule has 1 heterocycles. The number of anilines is 1. The Labute approximate surface area is 118 Å². The number of primary amides is 1. The van der Waals surface area contributed by atoms with Crippen molar-refractivity contribution in [2.45, 2.75) is 0 Å². The number of nitro benzene ring substituents is 1. The van der Waals surface area contributed by atoms with Crippen molar-refractivity contribution in [3.8, 4) is 0 Å². The number of carbonyl (C=O) groups excluding carboxylic acids is 2. The molecule has 0 saturated carbocycles. The molecular formula is C12H11N5O4. The van der Waals surface area contributed by atoms with E-state index in [2.05, 4.69) is 10.4 Å². The van der Waals surface area contributed by atoms with Crippen molar-refractivity contribution in [1.29, 1.82) is 0 Å². The average Bonchev–Trinajstić information content (AvgIpc) is 2.79. The number of nitrogens with two attached hydrogens (primary N) is 1. The first-order valence-corrected chi connectivity index (χ1v) is 5.77. The third-order valence-corrected chi connectivity index (χ3v) is 2.76. The molecule has 0 fully saturated rings. The van der Waals surface area contributed by atoms with Crippen molar-refractivity contribution < 1.29 is 14.5 Å². The quantitative estimate of drug-likeness (QED) is 0.630. The van der Waals surface area contributed by atoms with Crippen LogP contribution in [0.5, 0.6) is 0 Å². The number of aromatic nitrogens is 2. The lowest BCUT2D eigenvalue weighted by molar-refractivity contribution is -0.384. The maximum absolute atomic E-state index is 12.0. The van der Waals surface area contributed by atoms with Crippen molar-refractivity contribution in [3.63, 3.8) is 0 Å². The molecule has 2 amide bonds. The van der Waals surface area contributed by atoms with Gasteiger partial charge in [0.25, 0.3) is 17.5 Å². The van der Waals surface area contributed by atoms with Gasteiger partial charge in [-0.25, -0.2) is 0 Å². The van der Waals surface area contributed by atoms with Gasteiger partial charge in [-0.15, -0.1) is 0 Å². The average molecular weight is 289 g/mol. The van der Waals surface area contributed by atoms with E-state index < -0.39 is 16.7 Å².